The van der Waals surface area contributed by atoms with E-state index in [1.807, 2.05) is 37.3 Å². The molecule has 4 aromatic rings. The predicted molar refractivity (Wildman–Crippen MR) is 180 cm³/mol. The molecule has 0 saturated heterocycles. The van der Waals surface area contributed by atoms with Crippen molar-refractivity contribution >= 4 is 27.5 Å². The highest BCUT2D eigenvalue weighted by Gasteiger charge is 2.36. The van der Waals surface area contributed by atoms with E-state index in [1.54, 1.807) is 48.5 Å². The number of hydrogen-bond donors (Lipinski definition) is 1. The number of rotatable bonds is 13. The van der Waals surface area contributed by atoms with Gasteiger partial charge in [0.2, 0.25) is 11.8 Å². The number of hydrogen-bond acceptors (Lipinski definition) is 5. The highest BCUT2D eigenvalue weighted by atomic mass is 32.2. The summed E-state index contributed by atoms with van der Waals surface area (Å²) in [5, 5.41) is 3.15. The molecule has 1 fully saturated rings. The quantitative estimate of drug-likeness (QED) is 0.189. The molecule has 5 rings (SSSR count). The van der Waals surface area contributed by atoms with Crippen molar-refractivity contribution in [2.24, 2.45) is 0 Å². The van der Waals surface area contributed by atoms with Gasteiger partial charge in [-0.05, 0) is 67.3 Å². The monoisotopic (exact) mass is 657 g/mol. The zero-order valence-electron chi connectivity index (χ0n) is 26.6. The minimum atomic E-state index is -4.28. The molecule has 0 heterocycles. The third kappa shape index (κ3) is 8.37. The van der Waals surface area contributed by atoms with E-state index < -0.39 is 34.3 Å². The Hall–Kier alpha value is -4.70. The van der Waals surface area contributed by atoms with E-state index in [0.29, 0.717) is 5.56 Å². The fourth-order valence-electron chi connectivity index (χ4n) is 5.89. The van der Waals surface area contributed by atoms with E-state index in [2.05, 4.69) is 5.32 Å². The van der Waals surface area contributed by atoms with Crippen LogP contribution in [0.15, 0.2) is 108 Å². The maximum atomic E-state index is 14.6. The summed E-state index contributed by atoms with van der Waals surface area (Å²) in [6, 6.07) is 27.1. The summed E-state index contributed by atoms with van der Waals surface area (Å²) >= 11 is 0. The number of anilines is 1. The summed E-state index contributed by atoms with van der Waals surface area (Å²) in [5.74, 6) is -1.08. The normalized spacial score (nSPS) is 13.9. The van der Waals surface area contributed by atoms with Crippen LogP contribution < -0.4 is 14.4 Å². The molecule has 1 atom stereocenters. The molecule has 47 heavy (non-hydrogen) atoms. The Bertz CT molecular complexity index is 1760. The van der Waals surface area contributed by atoms with Gasteiger partial charge in [-0.3, -0.25) is 13.9 Å². The maximum absolute atomic E-state index is 14.6. The topological polar surface area (TPSA) is 96.0 Å². The molecule has 1 aliphatic rings. The van der Waals surface area contributed by atoms with Crippen LogP contribution in [0.3, 0.4) is 0 Å². The lowest BCUT2D eigenvalue weighted by atomic mass is 10.0. The Morgan fingerprint density at radius 3 is 2.17 bits per heavy atom. The molecule has 1 N–H and O–H groups in total. The first-order chi connectivity index (χ1) is 22.7. The maximum Gasteiger partial charge on any atom is 0.264 e. The first-order valence-corrected chi connectivity index (χ1v) is 17.2. The van der Waals surface area contributed by atoms with Gasteiger partial charge in [0.25, 0.3) is 10.0 Å². The molecule has 10 heteroatoms. The Kier molecular flexibility index (Phi) is 10.9. The number of nitrogens with zero attached hydrogens (tertiary/aromatic N) is 2. The second-order valence-electron chi connectivity index (χ2n) is 11.8. The lowest BCUT2D eigenvalue weighted by molar-refractivity contribution is -0.140. The number of nitrogens with one attached hydrogen (secondary N) is 1. The second kappa shape index (κ2) is 15.3. The number of aryl methyl sites for hydroxylation is 1. The molecule has 0 aromatic heterocycles. The molecular weight excluding hydrogens is 617 g/mol. The minimum absolute atomic E-state index is 0.00413. The van der Waals surface area contributed by atoms with Crippen LogP contribution in [0.2, 0.25) is 0 Å². The Labute approximate surface area is 276 Å². The van der Waals surface area contributed by atoms with Gasteiger partial charge in [0.05, 0.1) is 17.7 Å². The first kappa shape index (κ1) is 33.7. The molecule has 1 aliphatic carbocycles. The van der Waals surface area contributed by atoms with Crippen molar-refractivity contribution in [1.82, 2.24) is 10.2 Å². The smallest absolute Gasteiger partial charge is 0.264 e. The number of sulfonamides is 1. The highest BCUT2D eigenvalue weighted by Crippen LogP contribution is 2.33. The third-order valence-electron chi connectivity index (χ3n) is 8.48. The second-order valence-corrected chi connectivity index (χ2v) is 13.7. The van der Waals surface area contributed by atoms with Crippen LogP contribution in [0.4, 0.5) is 10.1 Å². The molecule has 246 valence electrons. The summed E-state index contributed by atoms with van der Waals surface area (Å²) in [5.41, 5.74) is 2.49. The zero-order chi connectivity index (χ0) is 33.4. The van der Waals surface area contributed by atoms with E-state index in [9.17, 15) is 22.4 Å². The lowest BCUT2D eigenvalue weighted by Gasteiger charge is -2.34. The SMILES string of the molecule is COc1ccccc1N(CC(=O)N(Cc1ccc(F)cc1)[C@@H](Cc1ccccc1)C(=O)NC1CCCC1)S(=O)(=O)c1ccc(C)cc1. The number of amides is 2. The van der Waals surface area contributed by atoms with Crippen LogP contribution in [0.5, 0.6) is 5.75 Å². The van der Waals surface area contributed by atoms with Gasteiger partial charge in [-0.15, -0.1) is 0 Å². The van der Waals surface area contributed by atoms with Gasteiger partial charge in [-0.25, -0.2) is 12.8 Å². The third-order valence-corrected chi connectivity index (χ3v) is 10.3. The highest BCUT2D eigenvalue weighted by molar-refractivity contribution is 7.92. The zero-order valence-corrected chi connectivity index (χ0v) is 27.5. The van der Waals surface area contributed by atoms with Gasteiger partial charge in [-0.2, -0.15) is 0 Å². The van der Waals surface area contributed by atoms with E-state index in [-0.39, 0.29) is 41.2 Å². The fourth-order valence-corrected chi connectivity index (χ4v) is 7.32. The largest absolute Gasteiger partial charge is 0.495 e. The standard InChI is InChI=1S/C37H40FN3O5S/c1-27-16-22-32(23-17-27)47(44,45)41(33-14-8-9-15-35(33)46-2)26-36(42)40(25-29-18-20-30(38)21-19-29)34(24-28-10-4-3-5-11-28)37(43)39-31-12-6-7-13-31/h3-5,8-11,14-23,31,34H,6-7,12-13,24-26H2,1-2H3,(H,39,43)/t34-/m0/s1. The number of ether oxygens (including phenoxy) is 1. The van der Waals surface area contributed by atoms with E-state index >= 15 is 0 Å². The van der Waals surface area contributed by atoms with E-state index in [4.69, 9.17) is 4.74 Å². The van der Waals surface area contributed by atoms with Crippen molar-refractivity contribution in [3.63, 3.8) is 0 Å². The summed E-state index contributed by atoms with van der Waals surface area (Å²) in [6.45, 7) is 1.20. The summed E-state index contributed by atoms with van der Waals surface area (Å²) < 4.78 is 49.0. The van der Waals surface area contributed by atoms with Crippen molar-refractivity contribution in [3.05, 3.63) is 126 Å². The van der Waals surface area contributed by atoms with Crippen molar-refractivity contribution in [2.75, 3.05) is 18.0 Å². The number of methoxy groups -OCH3 is 1. The average molecular weight is 658 g/mol. The van der Waals surface area contributed by atoms with Gasteiger partial charge in [-0.1, -0.05) is 85.1 Å². The molecule has 0 spiro atoms. The van der Waals surface area contributed by atoms with Crippen LogP contribution >= 0.6 is 0 Å². The van der Waals surface area contributed by atoms with Crippen molar-refractivity contribution < 1.29 is 27.1 Å². The van der Waals surface area contributed by atoms with E-state index in [1.165, 1.54) is 36.3 Å². The number of carbonyl (C=O) groups is 2. The van der Waals surface area contributed by atoms with Crippen molar-refractivity contribution in [2.45, 2.75) is 62.6 Å². The Morgan fingerprint density at radius 1 is 0.872 bits per heavy atom. The predicted octanol–water partition coefficient (Wildman–Crippen LogP) is 6.04. The molecule has 0 bridgehead atoms. The molecule has 4 aromatic carbocycles. The van der Waals surface area contributed by atoms with E-state index in [0.717, 1.165) is 41.1 Å². The van der Waals surface area contributed by atoms with Crippen LogP contribution in [0.1, 0.15) is 42.4 Å². The molecule has 8 nitrogen and oxygen atoms in total. The van der Waals surface area contributed by atoms with Crippen LogP contribution in [0.25, 0.3) is 0 Å². The molecule has 0 aliphatic heterocycles. The summed E-state index contributed by atoms with van der Waals surface area (Å²) in [4.78, 5) is 30.1. The van der Waals surface area contributed by atoms with Crippen LogP contribution in [-0.2, 0) is 32.6 Å². The van der Waals surface area contributed by atoms with Gasteiger partial charge < -0.3 is 15.0 Å². The number of benzene rings is 4. The Morgan fingerprint density at radius 2 is 1.51 bits per heavy atom. The van der Waals surface area contributed by atoms with Gasteiger partial charge in [0.1, 0.15) is 24.2 Å². The van der Waals surface area contributed by atoms with Gasteiger partial charge in [0, 0.05) is 19.0 Å². The average Bonchev–Trinajstić information content (AvgIpc) is 3.59. The summed E-state index contributed by atoms with van der Waals surface area (Å²) in [7, 11) is -2.85. The van der Waals surface area contributed by atoms with Gasteiger partial charge >= 0.3 is 0 Å². The summed E-state index contributed by atoms with van der Waals surface area (Å²) in [6.07, 6.45) is 3.93. The molecule has 0 unspecified atom stereocenters. The van der Waals surface area contributed by atoms with Gasteiger partial charge in [0.15, 0.2) is 0 Å². The van der Waals surface area contributed by atoms with Crippen molar-refractivity contribution in [1.29, 1.82) is 0 Å². The van der Waals surface area contributed by atoms with Crippen LogP contribution in [0, 0.1) is 12.7 Å². The minimum Gasteiger partial charge on any atom is -0.495 e. The Balaban J connectivity index is 1.58. The molecular formula is C37H40FN3O5S. The van der Waals surface area contributed by atoms with Crippen molar-refractivity contribution in [3.8, 4) is 5.75 Å². The molecule has 0 radical (unpaired) electrons. The molecule has 2 amide bonds. The number of halogens is 1. The fraction of sp³-hybridized carbons (Fsp3) is 0.297. The molecule has 1 saturated carbocycles. The lowest BCUT2D eigenvalue weighted by Crippen LogP contribution is -2.54. The van der Waals surface area contributed by atoms with Crippen LogP contribution in [-0.4, -0.2) is 50.9 Å². The first-order valence-electron chi connectivity index (χ1n) is 15.8. The number of carbonyl (C=O) groups excluding carboxylic acids is 2. The number of para-hydroxylation sites is 2.